The topological polar surface area (TPSA) is 81.2 Å². The Morgan fingerprint density at radius 1 is 1.00 bits per heavy atom. The van der Waals surface area contributed by atoms with Crippen LogP contribution in [0, 0.1) is 0 Å². The second kappa shape index (κ2) is 13.2. The van der Waals surface area contributed by atoms with Gasteiger partial charge in [0.15, 0.2) is 0 Å². The number of aromatic nitrogens is 2. The summed E-state index contributed by atoms with van der Waals surface area (Å²) in [5.41, 5.74) is -0.675. The summed E-state index contributed by atoms with van der Waals surface area (Å²) in [4.78, 5) is 35.6. The zero-order valence-electron chi connectivity index (χ0n) is 15.0. The lowest BCUT2D eigenvalue weighted by molar-refractivity contribution is -0.137. The summed E-state index contributed by atoms with van der Waals surface area (Å²) >= 11 is 0. The highest BCUT2D eigenvalue weighted by atomic mass is 16.5. The zero-order valence-corrected chi connectivity index (χ0v) is 15.0. The summed E-state index contributed by atoms with van der Waals surface area (Å²) in [6.45, 7) is 4.50. The highest BCUT2D eigenvalue weighted by Crippen LogP contribution is 2.11. The van der Waals surface area contributed by atoms with Crippen LogP contribution in [0.1, 0.15) is 64.2 Å². The van der Waals surface area contributed by atoms with E-state index in [0.717, 1.165) is 25.7 Å². The predicted molar refractivity (Wildman–Crippen MR) is 98.6 cm³/mol. The Balaban J connectivity index is 1.87. The fourth-order valence-electron chi connectivity index (χ4n) is 2.65. The molecule has 0 radical (unpaired) electrons. The molecule has 0 aliphatic carbocycles. The molecule has 0 amide bonds. The monoisotopic (exact) mass is 350 g/mol. The summed E-state index contributed by atoms with van der Waals surface area (Å²) in [6.07, 6.45) is 14.1. The number of hydrogen-bond donors (Lipinski definition) is 1. The molecule has 1 heterocycles. The average Bonchev–Trinajstić information content (AvgIpc) is 2.60. The van der Waals surface area contributed by atoms with E-state index in [0.29, 0.717) is 13.2 Å². The van der Waals surface area contributed by atoms with Gasteiger partial charge < -0.3 is 9.30 Å². The van der Waals surface area contributed by atoms with Gasteiger partial charge in [-0.05, 0) is 12.8 Å². The number of nitrogens with one attached hydrogen (secondary N) is 1. The van der Waals surface area contributed by atoms with E-state index in [1.54, 1.807) is 10.8 Å². The normalized spacial score (nSPS) is 10.6. The number of aryl methyl sites for hydroxylation is 1. The third kappa shape index (κ3) is 10.4. The van der Waals surface area contributed by atoms with E-state index >= 15 is 0 Å². The summed E-state index contributed by atoms with van der Waals surface area (Å²) in [6, 6.07) is 1.38. The fourth-order valence-corrected chi connectivity index (χ4v) is 2.65. The van der Waals surface area contributed by atoms with E-state index in [2.05, 4.69) is 11.6 Å². The minimum absolute atomic E-state index is 0.327. The van der Waals surface area contributed by atoms with Gasteiger partial charge in [-0.2, -0.15) is 0 Å². The lowest BCUT2D eigenvalue weighted by Gasteiger charge is -2.05. The van der Waals surface area contributed by atoms with Crippen molar-refractivity contribution in [3.63, 3.8) is 0 Å². The van der Waals surface area contributed by atoms with Crippen molar-refractivity contribution in [3.8, 4) is 0 Å². The fraction of sp³-hybridized carbons (Fsp3) is 0.632. The van der Waals surface area contributed by atoms with Crippen LogP contribution >= 0.6 is 0 Å². The molecular weight excluding hydrogens is 320 g/mol. The second-order valence-electron chi connectivity index (χ2n) is 6.21. The minimum Gasteiger partial charge on any atom is -0.463 e. The van der Waals surface area contributed by atoms with Gasteiger partial charge in [0.2, 0.25) is 0 Å². The van der Waals surface area contributed by atoms with Gasteiger partial charge in [0.05, 0.1) is 6.61 Å². The molecule has 1 aromatic rings. The Labute approximate surface area is 148 Å². The molecule has 0 bridgehead atoms. The molecule has 6 heteroatoms. The molecule has 1 aromatic heterocycles. The number of unbranched alkanes of at least 4 members (excludes halogenated alkanes) is 9. The summed E-state index contributed by atoms with van der Waals surface area (Å²) in [7, 11) is 0. The van der Waals surface area contributed by atoms with Crippen LogP contribution in [0.2, 0.25) is 0 Å². The van der Waals surface area contributed by atoms with Crippen molar-refractivity contribution < 1.29 is 9.53 Å². The first-order chi connectivity index (χ1) is 12.1. The van der Waals surface area contributed by atoms with Gasteiger partial charge in [0, 0.05) is 24.9 Å². The standard InChI is InChI=1S/C19H30N2O4/c1-2-18(23)25-16-12-10-8-6-4-3-5-7-9-11-14-21-15-13-17(22)20-19(21)24/h2,13,15H,1,3-12,14,16H2,(H,20,22,24). The van der Waals surface area contributed by atoms with Crippen LogP contribution in [0.25, 0.3) is 0 Å². The Morgan fingerprint density at radius 2 is 1.56 bits per heavy atom. The van der Waals surface area contributed by atoms with Crippen LogP contribution in [0.15, 0.2) is 34.5 Å². The van der Waals surface area contributed by atoms with E-state index in [9.17, 15) is 14.4 Å². The summed E-state index contributed by atoms with van der Waals surface area (Å²) in [5.74, 6) is -0.342. The first-order valence-electron chi connectivity index (χ1n) is 9.22. The Hall–Kier alpha value is -2.11. The maximum atomic E-state index is 11.5. The summed E-state index contributed by atoms with van der Waals surface area (Å²) in [5, 5.41) is 0. The Kier molecular flexibility index (Phi) is 11.1. The number of hydrogen-bond acceptors (Lipinski definition) is 4. The van der Waals surface area contributed by atoms with Gasteiger partial charge in [0.1, 0.15) is 0 Å². The molecule has 25 heavy (non-hydrogen) atoms. The highest BCUT2D eigenvalue weighted by molar-refractivity contribution is 5.81. The van der Waals surface area contributed by atoms with E-state index in [4.69, 9.17) is 4.74 Å². The summed E-state index contributed by atoms with van der Waals surface area (Å²) < 4.78 is 6.47. The number of ether oxygens (including phenoxy) is 1. The molecule has 1 rings (SSSR count). The van der Waals surface area contributed by atoms with Crippen molar-refractivity contribution in [3.05, 3.63) is 45.8 Å². The largest absolute Gasteiger partial charge is 0.463 e. The van der Waals surface area contributed by atoms with Crippen LogP contribution in [0.3, 0.4) is 0 Å². The molecule has 0 spiro atoms. The maximum absolute atomic E-state index is 11.5. The van der Waals surface area contributed by atoms with Gasteiger partial charge >= 0.3 is 11.7 Å². The van der Waals surface area contributed by atoms with Gasteiger partial charge in [-0.25, -0.2) is 9.59 Å². The van der Waals surface area contributed by atoms with E-state index in [1.165, 1.54) is 50.7 Å². The van der Waals surface area contributed by atoms with Crippen molar-refractivity contribution in [1.29, 1.82) is 0 Å². The van der Waals surface area contributed by atoms with E-state index < -0.39 is 0 Å². The van der Waals surface area contributed by atoms with Gasteiger partial charge in [-0.3, -0.25) is 9.78 Å². The third-order valence-electron chi connectivity index (χ3n) is 4.10. The molecule has 6 nitrogen and oxygen atoms in total. The van der Waals surface area contributed by atoms with Crippen LogP contribution in [-0.2, 0) is 16.1 Å². The molecule has 0 fully saturated rings. The van der Waals surface area contributed by atoms with E-state index in [1.807, 2.05) is 0 Å². The van der Waals surface area contributed by atoms with Crippen molar-refractivity contribution in [2.75, 3.05) is 6.61 Å². The number of nitrogens with zero attached hydrogens (tertiary/aromatic N) is 1. The number of carbonyl (C=O) groups is 1. The van der Waals surface area contributed by atoms with Gasteiger partial charge in [-0.15, -0.1) is 0 Å². The smallest absolute Gasteiger partial charge is 0.330 e. The van der Waals surface area contributed by atoms with Crippen LogP contribution in [0.5, 0.6) is 0 Å². The first-order valence-corrected chi connectivity index (χ1v) is 9.22. The van der Waals surface area contributed by atoms with Crippen LogP contribution in [0.4, 0.5) is 0 Å². The van der Waals surface area contributed by atoms with Crippen LogP contribution in [-0.4, -0.2) is 22.1 Å². The minimum atomic E-state index is -0.348. The van der Waals surface area contributed by atoms with Crippen molar-refractivity contribution in [2.24, 2.45) is 0 Å². The third-order valence-corrected chi connectivity index (χ3v) is 4.10. The zero-order chi connectivity index (χ0) is 18.3. The van der Waals surface area contributed by atoms with Gasteiger partial charge in [-0.1, -0.05) is 57.9 Å². The molecule has 0 aliphatic heterocycles. The molecule has 0 saturated heterocycles. The number of carbonyl (C=O) groups excluding carboxylic acids is 1. The first kappa shape index (κ1) is 20.9. The molecule has 0 aromatic carbocycles. The van der Waals surface area contributed by atoms with Crippen molar-refractivity contribution in [2.45, 2.75) is 70.8 Å². The quantitative estimate of drug-likeness (QED) is 0.317. The number of rotatable bonds is 14. The number of esters is 1. The second-order valence-corrected chi connectivity index (χ2v) is 6.21. The molecule has 0 atom stereocenters. The average molecular weight is 350 g/mol. The SMILES string of the molecule is C=CC(=O)OCCCCCCCCCCCCn1ccc(=O)[nH]c1=O. The molecule has 0 aliphatic rings. The van der Waals surface area contributed by atoms with Crippen molar-refractivity contribution in [1.82, 2.24) is 9.55 Å². The molecule has 1 N–H and O–H groups in total. The Morgan fingerprint density at radius 3 is 2.12 bits per heavy atom. The number of aromatic amines is 1. The van der Waals surface area contributed by atoms with Gasteiger partial charge in [0.25, 0.3) is 5.56 Å². The predicted octanol–water partition coefficient (Wildman–Crippen LogP) is 3.17. The molecular formula is C19H30N2O4. The van der Waals surface area contributed by atoms with E-state index in [-0.39, 0.29) is 17.2 Å². The molecule has 0 unspecified atom stereocenters. The number of H-pyrrole nitrogens is 1. The van der Waals surface area contributed by atoms with Crippen LogP contribution < -0.4 is 11.2 Å². The Bertz CT molecular complexity index is 618. The molecule has 140 valence electrons. The lowest BCUT2D eigenvalue weighted by Crippen LogP contribution is -2.28. The maximum Gasteiger partial charge on any atom is 0.330 e. The lowest BCUT2D eigenvalue weighted by atomic mass is 10.1. The molecule has 0 saturated carbocycles. The highest BCUT2D eigenvalue weighted by Gasteiger charge is 1.98. The van der Waals surface area contributed by atoms with Crippen molar-refractivity contribution >= 4 is 5.97 Å².